The quantitative estimate of drug-likeness (QED) is 0.185. The average molecular weight is 428 g/mol. The van der Waals surface area contributed by atoms with Gasteiger partial charge in [-0.15, -0.1) is 0 Å². The normalized spacial score (nSPS) is 12.9. The predicted octanol–water partition coefficient (Wildman–Crippen LogP) is 5.23. The highest BCUT2D eigenvalue weighted by Gasteiger charge is 2.49. The van der Waals surface area contributed by atoms with Gasteiger partial charge in [0.05, 0.1) is 0 Å². The summed E-state index contributed by atoms with van der Waals surface area (Å²) in [5.41, 5.74) is -2.34. The van der Waals surface area contributed by atoms with Gasteiger partial charge in [0.2, 0.25) is 0 Å². The molecule has 10 heteroatoms. The van der Waals surface area contributed by atoms with E-state index in [9.17, 15) is 35.9 Å². The lowest BCUT2D eigenvalue weighted by atomic mass is 9.78. The van der Waals surface area contributed by atoms with Gasteiger partial charge in [0.1, 0.15) is 0 Å². The molecule has 0 amide bonds. The summed E-state index contributed by atoms with van der Waals surface area (Å²) < 4.78 is 83.0. The van der Waals surface area contributed by atoms with Gasteiger partial charge < -0.3 is 9.47 Å². The molecular weight excluding hydrogens is 406 g/mol. The van der Waals surface area contributed by atoms with E-state index in [1.165, 1.54) is 36.5 Å². The van der Waals surface area contributed by atoms with Crippen LogP contribution in [0.15, 0.2) is 49.6 Å². The zero-order valence-corrected chi connectivity index (χ0v) is 15.5. The molecule has 4 nitrogen and oxygen atoms in total. The number of halogens is 6. The Kier molecular flexibility index (Phi) is 11.1. The first kappa shape index (κ1) is 26.5. The second-order valence-corrected chi connectivity index (χ2v) is 5.87. The molecule has 0 aromatic heterocycles. The number of hydrogen-bond donors (Lipinski definition) is 0. The van der Waals surface area contributed by atoms with Gasteiger partial charge in [0, 0.05) is 0 Å². The Morgan fingerprint density at radius 2 is 1.07 bits per heavy atom. The SMILES string of the molecule is C=C/C=C/CCC(CC/C=C/C=C)(C(=O)OCC(F)(F)F)C(=O)OCC(F)(F)F. The van der Waals surface area contributed by atoms with Crippen molar-refractivity contribution in [2.75, 3.05) is 13.2 Å². The molecule has 0 atom stereocenters. The second kappa shape index (κ2) is 12.1. The molecule has 0 aliphatic carbocycles. The van der Waals surface area contributed by atoms with E-state index >= 15 is 0 Å². The number of allylic oxidation sites excluding steroid dienone is 6. The second-order valence-electron chi connectivity index (χ2n) is 5.87. The summed E-state index contributed by atoms with van der Waals surface area (Å²) >= 11 is 0. The number of hydrogen-bond acceptors (Lipinski definition) is 4. The minimum atomic E-state index is -4.87. The zero-order chi connectivity index (χ0) is 22.6. The Morgan fingerprint density at radius 3 is 1.34 bits per heavy atom. The van der Waals surface area contributed by atoms with Gasteiger partial charge >= 0.3 is 24.3 Å². The third-order valence-corrected chi connectivity index (χ3v) is 3.54. The average Bonchev–Trinajstić information content (AvgIpc) is 2.61. The van der Waals surface area contributed by atoms with Crippen LogP contribution in [-0.2, 0) is 19.1 Å². The largest absolute Gasteiger partial charge is 0.455 e. The number of alkyl halides is 6. The molecule has 0 aliphatic heterocycles. The van der Waals surface area contributed by atoms with Crippen molar-refractivity contribution in [2.24, 2.45) is 5.41 Å². The maximum Gasteiger partial charge on any atom is 0.422 e. The Balaban J connectivity index is 5.79. The van der Waals surface area contributed by atoms with Crippen LogP contribution in [0.25, 0.3) is 0 Å². The highest BCUT2D eigenvalue weighted by atomic mass is 19.4. The van der Waals surface area contributed by atoms with E-state index in [1.54, 1.807) is 0 Å². The molecular formula is C19H22F6O4. The van der Waals surface area contributed by atoms with Crippen LogP contribution >= 0.6 is 0 Å². The standard InChI is InChI=1S/C19H22F6O4/c1-3-5-7-9-11-17(12-10-8-6-4-2,15(26)28-13-18(20,21)22)16(27)29-14-19(23,24)25/h3-8H,1-2,9-14H2/b7-5+,8-6+. The van der Waals surface area contributed by atoms with Gasteiger partial charge in [-0.1, -0.05) is 49.6 Å². The maximum absolute atomic E-state index is 12.4. The molecule has 0 heterocycles. The van der Waals surface area contributed by atoms with E-state index in [2.05, 4.69) is 22.6 Å². The van der Waals surface area contributed by atoms with Crippen molar-refractivity contribution in [3.8, 4) is 0 Å². The van der Waals surface area contributed by atoms with E-state index in [1.807, 2.05) is 0 Å². The molecule has 0 rings (SSSR count). The fourth-order valence-corrected chi connectivity index (χ4v) is 2.23. The van der Waals surface area contributed by atoms with Gasteiger partial charge in [0.15, 0.2) is 18.6 Å². The van der Waals surface area contributed by atoms with Gasteiger partial charge in [0.25, 0.3) is 0 Å². The molecule has 0 spiro atoms. The van der Waals surface area contributed by atoms with Crippen LogP contribution in [0, 0.1) is 5.41 Å². The van der Waals surface area contributed by atoms with Crippen molar-refractivity contribution in [3.05, 3.63) is 49.6 Å². The van der Waals surface area contributed by atoms with E-state index < -0.39 is 55.8 Å². The van der Waals surface area contributed by atoms with Gasteiger partial charge in [-0.2, -0.15) is 26.3 Å². The Bertz CT molecular complexity index is 563. The fraction of sp³-hybridized carbons (Fsp3) is 0.474. The van der Waals surface area contributed by atoms with E-state index in [0.717, 1.165) is 0 Å². The third-order valence-electron chi connectivity index (χ3n) is 3.54. The molecule has 29 heavy (non-hydrogen) atoms. The first-order valence-electron chi connectivity index (χ1n) is 8.41. The van der Waals surface area contributed by atoms with Gasteiger partial charge in [-0.05, 0) is 25.7 Å². The fourth-order valence-electron chi connectivity index (χ4n) is 2.23. The molecule has 0 bridgehead atoms. The predicted molar refractivity (Wildman–Crippen MR) is 93.6 cm³/mol. The van der Waals surface area contributed by atoms with Gasteiger partial charge in [-0.3, -0.25) is 9.59 Å². The van der Waals surface area contributed by atoms with Gasteiger partial charge in [-0.25, -0.2) is 0 Å². The molecule has 0 aromatic carbocycles. The molecule has 0 radical (unpaired) electrons. The highest BCUT2D eigenvalue weighted by Crippen LogP contribution is 2.35. The van der Waals surface area contributed by atoms with Crippen LogP contribution in [0.4, 0.5) is 26.3 Å². The summed E-state index contributed by atoms with van der Waals surface area (Å²) in [7, 11) is 0. The minimum Gasteiger partial charge on any atom is -0.455 e. The van der Waals surface area contributed by atoms with Crippen molar-refractivity contribution >= 4 is 11.9 Å². The Morgan fingerprint density at radius 1 is 0.724 bits per heavy atom. The molecule has 0 aromatic rings. The van der Waals surface area contributed by atoms with Crippen LogP contribution in [-0.4, -0.2) is 37.5 Å². The molecule has 0 N–H and O–H groups in total. The zero-order valence-electron chi connectivity index (χ0n) is 15.5. The van der Waals surface area contributed by atoms with Crippen LogP contribution in [0.2, 0.25) is 0 Å². The first-order chi connectivity index (χ1) is 13.4. The third kappa shape index (κ3) is 11.2. The van der Waals surface area contributed by atoms with Crippen LogP contribution < -0.4 is 0 Å². The summed E-state index contributed by atoms with van der Waals surface area (Å²) in [6, 6.07) is 0. The van der Waals surface area contributed by atoms with Crippen molar-refractivity contribution in [1.82, 2.24) is 0 Å². The molecule has 0 aliphatic rings. The molecule has 164 valence electrons. The van der Waals surface area contributed by atoms with E-state index in [0.29, 0.717) is 0 Å². The lowest BCUT2D eigenvalue weighted by Gasteiger charge is -2.29. The molecule has 0 fully saturated rings. The number of carbonyl (C=O) groups is 2. The minimum absolute atomic E-state index is 0.0145. The number of carbonyl (C=O) groups excluding carboxylic acids is 2. The summed E-state index contributed by atoms with van der Waals surface area (Å²) in [4.78, 5) is 24.8. The van der Waals surface area contributed by atoms with Crippen molar-refractivity contribution in [1.29, 1.82) is 0 Å². The number of ether oxygens (including phenoxy) is 2. The lowest BCUT2D eigenvalue weighted by Crippen LogP contribution is -2.44. The number of rotatable bonds is 12. The topological polar surface area (TPSA) is 52.6 Å². The smallest absolute Gasteiger partial charge is 0.422 e. The monoisotopic (exact) mass is 428 g/mol. The summed E-state index contributed by atoms with van der Waals surface area (Å²) in [5.74, 6) is -3.19. The summed E-state index contributed by atoms with van der Waals surface area (Å²) in [5, 5.41) is 0. The lowest BCUT2D eigenvalue weighted by molar-refractivity contribution is -0.207. The van der Waals surface area contributed by atoms with Crippen LogP contribution in [0.5, 0.6) is 0 Å². The Hall–Kier alpha value is -2.52. The molecule has 0 unspecified atom stereocenters. The number of esters is 2. The summed E-state index contributed by atoms with van der Waals surface area (Å²) in [6.45, 7) is 2.86. The van der Waals surface area contributed by atoms with Crippen molar-refractivity contribution in [3.63, 3.8) is 0 Å². The van der Waals surface area contributed by atoms with E-state index in [-0.39, 0.29) is 12.8 Å². The maximum atomic E-state index is 12.4. The van der Waals surface area contributed by atoms with Crippen LogP contribution in [0.3, 0.4) is 0 Å². The van der Waals surface area contributed by atoms with Crippen molar-refractivity contribution in [2.45, 2.75) is 38.0 Å². The first-order valence-corrected chi connectivity index (χ1v) is 8.41. The highest BCUT2D eigenvalue weighted by molar-refractivity contribution is 6.00. The molecule has 0 saturated heterocycles. The summed E-state index contributed by atoms with van der Waals surface area (Å²) in [6.07, 6.45) is -2.04. The van der Waals surface area contributed by atoms with Crippen LogP contribution in [0.1, 0.15) is 25.7 Å². The van der Waals surface area contributed by atoms with Crippen molar-refractivity contribution < 1.29 is 45.4 Å². The molecule has 0 saturated carbocycles. The Labute approximate surface area is 164 Å². The van der Waals surface area contributed by atoms with E-state index in [4.69, 9.17) is 0 Å².